The summed E-state index contributed by atoms with van der Waals surface area (Å²) in [6.45, 7) is 22.0. The van der Waals surface area contributed by atoms with Crippen molar-refractivity contribution in [2.24, 2.45) is 10.8 Å². The van der Waals surface area contributed by atoms with Gasteiger partial charge in [-0.05, 0) is 82.6 Å². The van der Waals surface area contributed by atoms with E-state index in [2.05, 4.69) is 53.3 Å². The number of rotatable bonds is 16. The highest BCUT2D eigenvalue weighted by atomic mass is 16.6. The summed E-state index contributed by atoms with van der Waals surface area (Å²) >= 11 is 0. The van der Waals surface area contributed by atoms with Gasteiger partial charge in [-0.3, -0.25) is 9.59 Å². The van der Waals surface area contributed by atoms with Crippen molar-refractivity contribution in [3.05, 3.63) is 113 Å². The fourth-order valence-electron chi connectivity index (χ4n) is 8.33. The maximum Gasteiger partial charge on any atom is 0.306 e. The van der Waals surface area contributed by atoms with Gasteiger partial charge in [-0.25, -0.2) is 0 Å². The highest BCUT2D eigenvalue weighted by Crippen LogP contribution is 2.66. The number of carbonyl (C=O) groups excluding carboxylic acids is 2. The topological polar surface area (TPSA) is 106 Å². The van der Waals surface area contributed by atoms with Crippen molar-refractivity contribution in [2.75, 3.05) is 6.61 Å². The van der Waals surface area contributed by atoms with E-state index in [1.165, 1.54) is 6.92 Å². The molecule has 2 saturated carbocycles. The predicted molar refractivity (Wildman–Crippen MR) is 223 cm³/mol. The molecular weight excluding hydrogens is 689 g/mol. The second-order valence-electron chi connectivity index (χ2n) is 17.5. The molecule has 55 heavy (non-hydrogen) atoms. The van der Waals surface area contributed by atoms with Gasteiger partial charge < -0.3 is 24.4 Å². The quantitative estimate of drug-likeness (QED) is 0.0531. The lowest BCUT2D eigenvalue weighted by atomic mass is 9.63. The lowest BCUT2D eigenvalue weighted by molar-refractivity contribution is -0.152. The van der Waals surface area contributed by atoms with E-state index in [1.54, 1.807) is 6.92 Å². The Morgan fingerprint density at radius 3 is 2.02 bits per heavy atom. The lowest BCUT2D eigenvalue weighted by Crippen LogP contribution is -2.46. The van der Waals surface area contributed by atoms with Crippen molar-refractivity contribution in [1.82, 2.24) is 0 Å². The van der Waals surface area contributed by atoms with Crippen LogP contribution in [0.5, 0.6) is 0 Å². The second kappa shape index (κ2) is 19.4. The van der Waals surface area contributed by atoms with Crippen LogP contribution < -0.4 is 0 Å². The largest absolute Gasteiger partial charge is 0.462 e. The first-order valence-electron chi connectivity index (χ1n) is 20.0. The van der Waals surface area contributed by atoms with E-state index in [1.807, 2.05) is 93.7 Å². The number of unbranched alkanes of at least 4 members (excludes halogenated alkanes) is 2. The Morgan fingerprint density at radius 1 is 0.818 bits per heavy atom. The summed E-state index contributed by atoms with van der Waals surface area (Å²) in [5, 5.41) is 21.6. The summed E-state index contributed by atoms with van der Waals surface area (Å²) in [7, 11) is 0. The Hall–Kier alpha value is -3.74. The van der Waals surface area contributed by atoms with Crippen molar-refractivity contribution in [2.45, 2.75) is 157 Å². The molecule has 0 spiro atoms. The van der Waals surface area contributed by atoms with Crippen molar-refractivity contribution < 1.29 is 34.0 Å². The zero-order valence-corrected chi connectivity index (χ0v) is 35.5. The minimum Gasteiger partial charge on any atom is -0.462 e. The van der Waals surface area contributed by atoms with Gasteiger partial charge in [-0.1, -0.05) is 125 Å². The summed E-state index contributed by atoms with van der Waals surface area (Å²) in [6.07, 6.45) is 31.0. The van der Waals surface area contributed by atoms with Crippen molar-refractivity contribution in [3.63, 3.8) is 0 Å². The average Bonchev–Trinajstić information content (AvgIpc) is 3.68. The van der Waals surface area contributed by atoms with Crippen LogP contribution in [0.25, 0.3) is 0 Å². The molecule has 1 aliphatic heterocycles. The number of hydrogen-bond acceptors (Lipinski definition) is 7. The van der Waals surface area contributed by atoms with Crippen LogP contribution >= 0.6 is 0 Å². The monoisotopic (exact) mass is 756 g/mol. The molecule has 0 aromatic heterocycles. The van der Waals surface area contributed by atoms with E-state index in [4.69, 9.17) is 14.2 Å². The molecule has 0 bridgehead atoms. The van der Waals surface area contributed by atoms with E-state index in [9.17, 15) is 19.8 Å². The molecule has 0 aromatic carbocycles. The zero-order valence-electron chi connectivity index (χ0n) is 35.5. The smallest absolute Gasteiger partial charge is 0.306 e. The Bertz CT molecular complexity index is 1680. The van der Waals surface area contributed by atoms with Crippen LogP contribution in [0.15, 0.2) is 113 Å². The highest BCUT2D eigenvalue weighted by Gasteiger charge is 2.74. The van der Waals surface area contributed by atoms with Gasteiger partial charge in [-0.2, -0.15) is 0 Å². The van der Waals surface area contributed by atoms with Gasteiger partial charge in [0.1, 0.15) is 23.9 Å². The van der Waals surface area contributed by atoms with Gasteiger partial charge in [0.25, 0.3) is 0 Å². The molecule has 0 amide bonds. The van der Waals surface area contributed by atoms with Crippen LogP contribution in [0.1, 0.15) is 128 Å². The maximum absolute atomic E-state index is 12.4. The standard InChI is InChI=1S/C48H68O7/c1-12-13-14-25-43(51)53-34-39(28-29-48-45(8,9)30-40(50)31-47(48,11)55-48)24-18-23-36(3)20-16-15-19-35(2)21-17-22-37(4)26-27-42-44(6,7)32-41(54-38(5)49)33-46(42,10)52/h15-24,26,28-29,40-41,50,52H,12-14,25,30-34H2,1-11H3. The van der Waals surface area contributed by atoms with Crippen molar-refractivity contribution in [3.8, 4) is 0 Å². The van der Waals surface area contributed by atoms with E-state index in [-0.39, 0.29) is 41.6 Å². The number of esters is 2. The molecule has 0 aromatic rings. The molecule has 7 nitrogen and oxygen atoms in total. The van der Waals surface area contributed by atoms with Crippen molar-refractivity contribution in [1.29, 1.82) is 0 Å². The Balaban J connectivity index is 1.64. The van der Waals surface area contributed by atoms with E-state index < -0.39 is 16.8 Å². The molecule has 2 aliphatic carbocycles. The fourth-order valence-corrected chi connectivity index (χ4v) is 8.33. The number of fused-ring (bicyclic) bond motifs is 1. The summed E-state index contributed by atoms with van der Waals surface area (Å²) in [4.78, 5) is 23.9. The number of hydrogen-bond donors (Lipinski definition) is 2. The third-order valence-corrected chi connectivity index (χ3v) is 11.0. The molecule has 302 valence electrons. The van der Waals surface area contributed by atoms with E-state index in [0.29, 0.717) is 32.1 Å². The minimum absolute atomic E-state index is 0.185. The van der Waals surface area contributed by atoms with Crippen LogP contribution in [0.4, 0.5) is 0 Å². The molecular formula is C48H68O7. The average molecular weight is 757 g/mol. The lowest BCUT2D eigenvalue weighted by Gasteiger charge is -2.44. The van der Waals surface area contributed by atoms with E-state index >= 15 is 0 Å². The third kappa shape index (κ3) is 13.2. The third-order valence-electron chi connectivity index (χ3n) is 11.0. The van der Waals surface area contributed by atoms with Crippen LogP contribution in [-0.4, -0.2) is 57.8 Å². The van der Waals surface area contributed by atoms with Gasteiger partial charge in [0, 0.05) is 37.2 Å². The van der Waals surface area contributed by atoms with Crippen LogP contribution in [0.2, 0.25) is 0 Å². The van der Waals surface area contributed by atoms with Crippen LogP contribution in [-0.2, 0) is 23.8 Å². The van der Waals surface area contributed by atoms with Crippen LogP contribution in [0.3, 0.4) is 0 Å². The second-order valence-corrected chi connectivity index (χ2v) is 17.5. The molecule has 3 aliphatic rings. The van der Waals surface area contributed by atoms with Gasteiger partial charge in [-0.15, -0.1) is 5.73 Å². The van der Waals surface area contributed by atoms with Crippen LogP contribution in [0, 0.1) is 10.8 Å². The molecule has 3 rings (SSSR count). The van der Waals surface area contributed by atoms with E-state index in [0.717, 1.165) is 47.1 Å². The van der Waals surface area contributed by atoms with Crippen molar-refractivity contribution >= 4 is 11.9 Å². The fraction of sp³-hybridized carbons (Fsp3) is 0.562. The molecule has 2 N–H and O–H groups in total. The highest BCUT2D eigenvalue weighted by molar-refractivity contribution is 5.69. The number of ether oxygens (including phenoxy) is 3. The molecule has 5 atom stereocenters. The molecule has 1 saturated heterocycles. The molecule has 3 fully saturated rings. The minimum atomic E-state index is -1.11. The van der Waals surface area contributed by atoms with Gasteiger partial charge in [0.15, 0.2) is 0 Å². The van der Waals surface area contributed by atoms with Gasteiger partial charge in [0.2, 0.25) is 0 Å². The SMILES string of the molecule is CCCCCC(=O)OCC(C=CC12OC1(C)CC(O)CC2(C)C)=CC=CC(C)=CC=CC=C(C)C=CC=C(C)C=C=C1C(C)(C)CC(OC(C)=O)CC1(C)O. The number of epoxide rings is 1. The molecule has 7 heteroatoms. The predicted octanol–water partition coefficient (Wildman–Crippen LogP) is 10.4. The number of allylic oxidation sites excluding steroid dienone is 13. The first-order valence-corrected chi connectivity index (χ1v) is 20.0. The molecule has 5 unspecified atom stereocenters. The Morgan fingerprint density at radius 2 is 1.44 bits per heavy atom. The zero-order chi connectivity index (χ0) is 41.1. The summed E-state index contributed by atoms with van der Waals surface area (Å²) in [6, 6.07) is 0. The Labute approximate surface area is 331 Å². The number of aliphatic hydroxyl groups is 2. The first kappa shape index (κ1) is 45.6. The number of aliphatic hydroxyl groups excluding tert-OH is 1. The normalized spacial score (nSPS) is 29.9. The summed E-state index contributed by atoms with van der Waals surface area (Å²) in [5.41, 5.74) is 5.62. The maximum atomic E-state index is 12.4. The van der Waals surface area contributed by atoms with Gasteiger partial charge in [0.05, 0.1) is 11.7 Å². The summed E-state index contributed by atoms with van der Waals surface area (Å²) in [5.74, 6) is -0.513. The summed E-state index contributed by atoms with van der Waals surface area (Å²) < 4.78 is 17.4. The first-order chi connectivity index (χ1) is 25.6. The van der Waals surface area contributed by atoms with Gasteiger partial charge >= 0.3 is 11.9 Å². The molecule has 1 heterocycles. The number of carbonyl (C=O) groups is 2. The Kier molecular flexibility index (Phi) is 16.1. The molecule has 0 radical (unpaired) electrons.